The first kappa shape index (κ1) is 14.9. The summed E-state index contributed by atoms with van der Waals surface area (Å²) >= 11 is 0. The number of urea groups is 1. The minimum Gasteiger partial charge on any atom is -0.481 e. The highest BCUT2D eigenvalue weighted by Gasteiger charge is 2.24. The number of halogens is 1. The van der Waals surface area contributed by atoms with Crippen molar-refractivity contribution in [3.05, 3.63) is 29.6 Å². The molecule has 1 rings (SSSR count). The predicted molar refractivity (Wildman–Crippen MR) is 69.6 cm³/mol. The Hall–Kier alpha value is -2.11. The van der Waals surface area contributed by atoms with Gasteiger partial charge in [-0.05, 0) is 32.4 Å². The summed E-state index contributed by atoms with van der Waals surface area (Å²) in [6.45, 7) is 4.82. The van der Waals surface area contributed by atoms with Gasteiger partial charge in [0, 0.05) is 5.54 Å². The van der Waals surface area contributed by atoms with Crippen LogP contribution in [-0.2, 0) is 4.79 Å². The quantitative estimate of drug-likeness (QED) is 0.785. The number of carbonyl (C=O) groups is 2. The third kappa shape index (κ3) is 4.57. The molecule has 0 unspecified atom stereocenters. The molecule has 0 bridgehead atoms. The lowest BCUT2D eigenvalue weighted by molar-refractivity contribution is -0.138. The minimum atomic E-state index is -1.02. The second-order valence-corrected chi connectivity index (χ2v) is 4.97. The molecule has 0 atom stereocenters. The largest absolute Gasteiger partial charge is 0.481 e. The highest BCUT2D eigenvalue weighted by molar-refractivity contribution is 5.91. The molecule has 0 aliphatic heterocycles. The Labute approximate surface area is 110 Å². The molecule has 0 heterocycles. The molecule has 19 heavy (non-hydrogen) atoms. The van der Waals surface area contributed by atoms with E-state index in [4.69, 9.17) is 5.11 Å². The molecular weight excluding hydrogens is 251 g/mol. The van der Waals surface area contributed by atoms with E-state index in [9.17, 15) is 14.0 Å². The van der Waals surface area contributed by atoms with Crippen LogP contribution in [0.2, 0.25) is 0 Å². The number of nitrogens with one attached hydrogen (secondary N) is 2. The van der Waals surface area contributed by atoms with Crippen LogP contribution in [-0.4, -0.2) is 22.6 Å². The number of benzene rings is 1. The molecule has 1 aromatic carbocycles. The van der Waals surface area contributed by atoms with Gasteiger partial charge in [-0.15, -0.1) is 0 Å². The molecule has 0 aromatic heterocycles. The molecule has 3 N–H and O–H groups in total. The first-order chi connectivity index (χ1) is 8.71. The number of amides is 2. The first-order valence-electron chi connectivity index (χ1n) is 5.77. The van der Waals surface area contributed by atoms with Crippen LogP contribution in [0.15, 0.2) is 18.2 Å². The van der Waals surface area contributed by atoms with Crippen molar-refractivity contribution in [2.45, 2.75) is 32.7 Å². The number of rotatable bonds is 4. The summed E-state index contributed by atoms with van der Waals surface area (Å²) in [7, 11) is 0. The zero-order chi connectivity index (χ0) is 14.6. The maximum absolute atomic E-state index is 13.5. The van der Waals surface area contributed by atoms with Crippen molar-refractivity contribution in [1.29, 1.82) is 0 Å². The van der Waals surface area contributed by atoms with E-state index in [2.05, 4.69) is 10.6 Å². The Morgan fingerprint density at radius 2 is 2.00 bits per heavy atom. The van der Waals surface area contributed by atoms with E-state index in [1.165, 1.54) is 6.07 Å². The lowest BCUT2D eigenvalue weighted by atomic mass is 10.0. The molecule has 0 spiro atoms. The molecule has 104 valence electrons. The minimum absolute atomic E-state index is 0.0890. The lowest BCUT2D eigenvalue weighted by Gasteiger charge is -2.24. The number of carboxylic acids is 1. The molecule has 6 heteroatoms. The average Bonchev–Trinajstić information content (AvgIpc) is 2.20. The topological polar surface area (TPSA) is 78.4 Å². The number of hydrogen-bond acceptors (Lipinski definition) is 2. The van der Waals surface area contributed by atoms with Gasteiger partial charge in [0.15, 0.2) is 0 Å². The van der Waals surface area contributed by atoms with Crippen molar-refractivity contribution >= 4 is 17.7 Å². The summed E-state index contributed by atoms with van der Waals surface area (Å²) < 4.78 is 13.5. The van der Waals surface area contributed by atoms with E-state index >= 15 is 0 Å². The molecule has 0 radical (unpaired) electrons. The average molecular weight is 268 g/mol. The van der Waals surface area contributed by atoms with Crippen LogP contribution in [0.5, 0.6) is 0 Å². The van der Waals surface area contributed by atoms with E-state index in [1.807, 2.05) is 0 Å². The van der Waals surface area contributed by atoms with Gasteiger partial charge in [0.05, 0.1) is 12.1 Å². The van der Waals surface area contributed by atoms with Crippen molar-refractivity contribution in [3.8, 4) is 0 Å². The molecule has 2 amide bonds. The third-order valence-electron chi connectivity index (χ3n) is 2.51. The van der Waals surface area contributed by atoms with Gasteiger partial charge in [-0.25, -0.2) is 9.18 Å². The van der Waals surface area contributed by atoms with Crippen molar-refractivity contribution < 1.29 is 19.1 Å². The molecule has 0 saturated carbocycles. The smallest absolute Gasteiger partial charge is 0.319 e. The summed E-state index contributed by atoms with van der Waals surface area (Å²) in [5.74, 6) is -1.56. The van der Waals surface area contributed by atoms with Crippen molar-refractivity contribution in [1.82, 2.24) is 5.32 Å². The number of aliphatic carboxylic acids is 1. The fraction of sp³-hybridized carbons (Fsp3) is 0.385. The van der Waals surface area contributed by atoms with Gasteiger partial charge < -0.3 is 15.7 Å². The Balaban J connectivity index is 2.73. The Bertz CT molecular complexity index is 480. The van der Waals surface area contributed by atoms with E-state index < -0.39 is 23.4 Å². The van der Waals surface area contributed by atoms with Crippen LogP contribution in [0.25, 0.3) is 0 Å². The Morgan fingerprint density at radius 1 is 1.37 bits per heavy atom. The van der Waals surface area contributed by atoms with Crippen LogP contribution in [0, 0.1) is 12.7 Å². The number of hydrogen-bond donors (Lipinski definition) is 3. The zero-order valence-electron chi connectivity index (χ0n) is 11.1. The second kappa shape index (κ2) is 5.69. The van der Waals surface area contributed by atoms with Crippen LogP contribution < -0.4 is 10.6 Å². The number of anilines is 1. The van der Waals surface area contributed by atoms with Gasteiger partial charge in [0.2, 0.25) is 0 Å². The lowest BCUT2D eigenvalue weighted by Crippen LogP contribution is -2.47. The maximum atomic E-state index is 13.5. The second-order valence-electron chi connectivity index (χ2n) is 4.97. The van der Waals surface area contributed by atoms with Crippen molar-refractivity contribution in [2.75, 3.05) is 5.32 Å². The van der Waals surface area contributed by atoms with Crippen LogP contribution >= 0.6 is 0 Å². The van der Waals surface area contributed by atoms with Gasteiger partial charge >= 0.3 is 12.0 Å². The van der Waals surface area contributed by atoms with E-state index in [-0.39, 0.29) is 12.1 Å². The van der Waals surface area contributed by atoms with E-state index in [0.717, 1.165) is 0 Å². The fourth-order valence-electron chi connectivity index (χ4n) is 1.66. The van der Waals surface area contributed by atoms with Crippen LogP contribution in [0.1, 0.15) is 25.8 Å². The molecule has 0 fully saturated rings. The molecular formula is C13H17FN2O3. The summed E-state index contributed by atoms with van der Waals surface area (Å²) in [6.07, 6.45) is -0.226. The van der Waals surface area contributed by atoms with E-state index in [1.54, 1.807) is 32.9 Å². The summed E-state index contributed by atoms with van der Waals surface area (Å²) in [4.78, 5) is 22.4. The normalized spacial score (nSPS) is 10.9. The Kier molecular flexibility index (Phi) is 4.47. The van der Waals surface area contributed by atoms with Gasteiger partial charge in [-0.2, -0.15) is 0 Å². The molecule has 0 aliphatic carbocycles. The standard InChI is InChI=1S/C13H17FN2O3/c1-8-5-4-6-9(14)11(8)15-12(19)16-13(2,3)7-10(17)18/h4-6H,7H2,1-3H3,(H,17,18)(H2,15,16,19). The highest BCUT2D eigenvalue weighted by atomic mass is 19.1. The third-order valence-corrected chi connectivity index (χ3v) is 2.51. The SMILES string of the molecule is Cc1cccc(F)c1NC(=O)NC(C)(C)CC(=O)O. The monoisotopic (exact) mass is 268 g/mol. The molecule has 1 aromatic rings. The van der Waals surface area contributed by atoms with E-state index in [0.29, 0.717) is 5.56 Å². The highest BCUT2D eigenvalue weighted by Crippen LogP contribution is 2.19. The molecule has 5 nitrogen and oxygen atoms in total. The Morgan fingerprint density at radius 3 is 2.53 bits per heavy atom. The van der Waals surface area contributed by atoms with Gasteiger partial charge in [-0.3, -0.25) is 4.79 Å². The van der Waals surface area contributed by atoms with Gasteiger partial charge in [0.25, 0.3) is 0 Å². The first-order valence-corrected chi connectivity index (χ1v) is 5.77. The predicted octanol–water partition coefficient (Wildman–Crippen LogP) is 2.51. The van der Waals surface area contributed by atoms with Crippen molar-refractivity contribution in [2.24, 2.45) is 0 Å². The molecule has 0 saturated heterocycles. The van der Waals surface area contributed by atoms with Crippen LogP contribution in [0.4, 0.5) is 14.9 Å². The number of carbonyl (C=O) groups excluding carboxylic acids is 1. The zero-order valence-corrected chi connectivity index (χ0v) is 11.1. The molecule has 0 aliphatic rings. The van der Waals surface area contributed by atoms with Crippen molar-refractivity contribution in [3.63, 3.8) is 0 Å². The number of para-hydroxylation sites is 1. The summed E-state index contributed by atoms with van der Waals surface area (Å²) in [5, 5.41) is 13.6. The maximum Gasteiger partial charge on any atom is 0.319 e. The van der Waals surface area contributed by atoms with Gasteiger partial charge in [0.1, 0.15) is 5.82 Å². The van der Waals surface area contributed by atoms with Gasteiger partial charge in [-0.1, -0.05) is 12.1 Å². The number of aryl methyl sites for hydroxylation is 1. The summed E-state index contributed by atoms with van der Waals surface area (Å²) in [5.41, 5.74) is -0.243. The van der Waals surface area contributed by atoms with Crippen LogP contribution in [0.3, 0.4) is 0 Å². The number of carboxylic acid groups (broad SMARTS) is 1. The fourth-order valence-corrected chi connectivity index (χ4v) is 1.66. The summed E-state index contributed by atoms with van der Waals surface area (Å²) in [6, 6.07) is 3.81.